The zero-order valence-electron chi connectivity index (χ0n) is 8.60. The van der Waals surface area contributed by atoms with E-state index in [9.17, 15) is 4.79 Å². The summed E-state index contributed by atoms with van der Waals surface area (Å²) >= 11 is 8.20. The van der Waals surface area contributed by atoms with Crippen molar-refractivity contribution in [3.8, 4) is 0 Å². The highest BCUT2D eigenvalue weighted by molar-refractivity contribution is 14.1. The Balaban J connectivity index is 2.25. The summed E-state index contributed by atoms with van der Waals surface area (Å²) in [5, 5.41) is 13.4. The molecule has 0 bridgehead atoms. The van der Waals surface area contributed by atoms with Crippen LogP contribution in [0.15, 0.2) is 30.6 Å². The maximum absolute atomic E-state index is 10.7. The number of carboxylic acids is 1. The fourth-order valence-electron chi connectivity index (χ4n) is 1.41. The van der Waals surface area contributed by atoms with Crippen LogP contribution in [0.25, 0.3) is 0 Å². The quantitative estimate of drug-likeness (QED) is 0.854. The molecule has 2 rings (SSSR count). The first-order valence-electron chi connectivity index (χ1n) is 4.76. The highest BCUT2D eigenvalue weighted by Gasteiger charge is 2.07. The van der Waals surface area contributed by atoms with Crippen LogP contribution in [0, 0.1) is 3.57 Å². The van der Waals surface area contributed by atoms with Crippen LogP contribution in [-0.4, -0.2) is 20.9 Å². The van der Waals surface area contributed by atoms with E-state index in [0.29, 0.717) is 11.6 Å². The molecule has 2 aromatic rings. The monoisotopic (exact) mass is 362 g/mol. The minimum atomic E-state index is -0.980. The molecule has 0 aliphatic rings. The summed E-state index contributed by atoms with van der Waals surface area (Å²) in [6.45, 7) is 0.529. The summed E-state index contributed by atoms with van der Waals surface area (Å²) in [7, 11) is 0. The smallest absolute Gasteiger partial charge is 0.335 e. The number of aromatic carboxylic acids is 1. The number of hydrogen-bond acceptors (Lipinski definition) is 2. The second-order valence-electron chi connectivity index (χ2n) is 3.47. The van der Waals surface area contributed by atoms with E-state index >= 15 is 0 Å². The number of aromatic nitrogens is 2. The summed E-state index contributed by atoms with van der Waals surface area (Å²) in [5.41, 5.74) is 1.03. The lowest BCUT2D eigenvalue weighted by Crippen LogP contribution is -2.02. The van der Waals surface area contributed by atoms with Crippen molar-refractivity contribution in [1.29, 1.82) is 0 Å². The molecule has 4 nitrogen and oxygen atoms in total. The fourth-order valence-corrected chi connectivity index (χ4v) is 2.09. The Morgan fingerprint density at radius 1 is 1.53 bits per heavy atom. The van der Waals surface area contributed by atoms with E-state index < -0.39 is 5.97 Å². The van der Waals surface area contributed by atoms with Gasteiger partial charge in [0.1, 0.15) is 0 Å². The molecule has 0 aliphatic carbocycles. The van der Waals surface area contributed by atoms with Gasteiger partial charge >= 0.3 is 5.97 Å². The van der Waals surface area contributed by atoms with Gasteiger partial charge in [-0.2, -0.15) is 5.10 Å². The molecule has 0 amide bonds. The molecule has 1 aromatic heterocycles. The van der Waals surface area contributed by atoms with Crippen LogP contribution >= 0.6 is 34.2 Å². The standard InChI is InChI=1S/C11H8ClIN2O2/c12-10-3-7(11(16)17)1-2-8(10)5-15-6-9(13)4-14-15/h1-4,6H,5H2,(H,16,17). The van der Waals surface area contributed by atoms with Gasteiger partial charge in [-0.3, -0.25) is 4.68 Å². The molecule has 0 atom stereocenters. The number of halogens is 2. The topological polar surface area (TPSA) is 55.1 Å². The minimum absolute atomic E-state index is 0.189. The number of rotatable bonds is 3. The summed E-state index contributed by atoms with van der Waals surface area (Å²) in [4.78, 5) is 10.7. The Hall–Kier alpha value is -1.08. The predicted octanol–water partition coefficient (Wildman–Crippen LogP) is 2.89. The molecule has 0 radical (unpaired) electrons. The van der Waals surface area contributed by atoms with Gasteiger partial charge in [0.2, 0.25) is 0 Å². The van der Waals surface area contributed by atoms with Crippen molar-refractivity contribution in [2.75, 3.05) is 0 Å². The van der Waals surface area contributed by atoms with E-state index in [1.54, 1.807) is 16.9 Å². The third kappa shape index (κ3) is 2.98. The molecule has 0 saturated carbocycles. The van der Waals surface area contributed by atoms with Crippen molar-refractivity contribution in [3.63, 3.8) is 0 Å². The highest BCUT2D eigenvalue weighted by Crippen LogP contribution is 2.19. The first kappa shape index (κ1) is 12.4. The van der Waals surface area contributed by atoms with Gasteiger partial charge in [0, 0.05) is 11.2 Å². The molecule has 0 saturated heterocycles. The van der Waals surface area contributed by atoms with Gasteiger partial charge in [-0.15, -0.1) is 0 Å². The van der Waals surface area contributed by atoms with Gasteiger partial charge in [-0.05, 0) is 40.3 Å². The average Bonchev–Trinajstić information content (AvgIpc) is 2.67. The van der Waals surface area contributed by atoms with Gasteiger partial charge in [-0.1, -0.05) is 17.7 Å². The molecule has 1 N–H and O–H groups in total. The van der Waals surface area contributed by atoms with E-state index in [1.807, 2.05) is 6.20 Å². The van der Waals surface area contributed by atoms with Gasteiger partial charge in [-0.25, -0.2) is 4.79 Å². The Labute approximate surface area is 116 Å². The van der Waals surface area contributed by atoms with Crippen LogP contribution in [-0.2, 0) is 6.54 Å². The van der Waals surface area contributed by atoms with E-state index in [4.69, 9.17) is 16.7 Å². The molecule has 0 unspecified atom stereocenters. The van der Waals surface area contributed by atoms with Crippen molar-refractivity contribution >= 4 is 40.2 Å². The second kappa shape index (κ2) is 5.05. The number of benzene rings is 1. The zero-order chi connectivity index (χ0) is 12.4. The summed E-state index contributed by atoms with van der Waals surface area (Å²) in [6, 6.07) is 4.70. The number of hydrogen-bond donors (Lipinski definition) is 1. The maximum Gasteiger partial charge on any atom is 0.335 e. The lowest BCUT2D eigenvalue weighted by Gasteiger charge is -2.05. The van der Waals surface area contributed by atoms with Crippen molar-refractivity contribution in [1.82, 2.24) is 9.78 Å². The fraction of sp³-hybridized carbons (Fsp3) is 0.0909. The maximum atomic E-state index is 10.7. The largest absolute Gasteiger partial charge is 0.478 e. The molecule has 1 aromatic carbocycles. The molecule has 17 heavy (non-hydrogen) atoms. The van der Waals surface area contributed by atoms with Crippen molar-refractivity contribution in [2.45, 2.75) is 6.54 Å². The van der Waals surface area contributed by atoms with Crippen molar-refractivity contribution in [2.24, 2.45) is 0 Å². The lowest BCUT2D eigenvalue weighted by molar-refractivity contribution is 0.0697. The number of carboxylic acid groups (broad SMARTS) is 1. The molecule has 6 heteroatoms. The van der Waals surface area contributed by atoms with E-state index in [2.05, 4.69) is 27.7 Å². The molecule has 1 heterocycles. The van der Waals surface area contributed by atoms with Crippen LogP contribution in [0.5, 0.6) is 0 Å². The third-order valence-corrected chi connectivity index (χ3v) is 3.14. The van der Waals surface area contributed by atoms with Crippen LogP contribution in [0.4, 0.5) is 0 Å². The second-order valence-corrected chi connectivity index (χ2v) is 5.12. The van der Waals surface area contributed by atoms with Gasteiger partial charge in [0.15, 0.2) is 0 Å². The Morgan fingerprint density at radius 3 is 2.82 bits per heavy atom. The van der Waals surface area contributed by atoms with Crippen LogP contribution in [0.1, 0.15) is 15.9 Å². The van der Waals surface area contributed by atoms with Gasteiger partial charge < -0.3 is 5.11 Å². The molecule has 0 spiro atoms. The van der Waals surface area contributed by atoms with Gasteiger partial charge in [0.05, 0.1) is 21.9 Å². The first-order valence-corrected chi connectivity index (χ1v) is 6.21. The SMILES string of the molecule is O=C(O)c1ccc(Cn2cc(I)cn2)c(Cl)c1. The molecule has 0 aliphatic heterocycles. The van der Waals surface area contributed by atoms with E-state index in [0.717, 1.165) is 9.13 Å². The average molecular weight is 363 g/mol. The van der Waals surface area contributed by atoms with Crippen LogP contribution in [0.3, 0.4) is 0 Å². The number of carbonyl (C=O) groups is 1. The Bertz CT molecular complexity index is 568. The summed E-state index contributed by atoms with van der Waals surface area (Å²) in [6.07, 6.45) is 3.64. The molecule has 88 valence electrons. The van der Waals surface area contributed by atoms with Crippen molar-refractivity contribution in [3.05, 3.63) is 50.3 Å². The number of nitrogens with zero attached hydrogens (tertiary/aromatic N) is 2. The lowest BCUT2D eigenvalue weighted by atomic mass is 10.1. The zero-order valence-corrected chi connectivity index (χ0v) is 11.5. The first-order chi connectivity index (χ1) is 8.06. The third-order valence-electron chi connectivity index (χ3n) is 2.23. The van der Waals surface area contributed by atoms with Crippen molar-refractivity contribution < 1.29 is 9.90 Å². The highest BCUT2D eigenvalue weighted by atomic mass is 127. The predicted molar refractivity (Wildman–Crippen MR) is 72.5 cm³/mol. The molecular formula is C11H8ClIN2O2. The van der Waals surface area contributed by atoms with Crippen LogP contribution < -0.4 is 0 Å². The van der Waals surface area contributed by atoms with E-state index in [1.165, 1.54) is 12.1 Å². The van der Waals surface area contributed by atoms with Gasteiger partial charge in [0.25, 0.3) is 0 Å². The van der Waals surface area contributed by atoms with Crippen LogP contribution in [0.2, 0.25) is 5.02 Å². The summed E-state index contributed by atoms with van der Waals surface area (Å²) < 4.78 is 2.80. The molecular weight excluding hydrogens is 354 g/mol. The van der Waals surface area contributed by atoms with E-state index in [-0.39, 0.29) is 5.56 Å². The Kier molecular flexibility index (Phi) is 3.68. The molecule has 0 fully saturated rings. The Morgan fingerprint density at radius 2 is 2.29 bits per heavy atom. The normalized spacial score (nSPS) is 10.5. The minimum Gasteiger partial charge on any atom is -0.478 e. The summed E-state index contributed by atoms with van der Waals surface area (Å²) in [5.74, 6) is -0.980.